The van der Waals surface area contributed by atoms with Crippen molar-refractivity contribution in [3.8, 4) is 0 Å². The normalized spacial score (nSPS) is 13.9. The van der Waals surface area contributed by atoms with Crippen molar-refractivity contribution < 1.29 is 19.4 Å². The van der Waals surface area contributed by atoms with Gasteiger partial charge in [0.05, 0.1) is 6.10 Å². The molecule has 0 bridgehead atoms. The molecular formula is C10H20N2O4. The second kappa shape index (κ2) is 7.92. The number of carbonyl (C=O) groups is 2. The molecule has 2 amide bonds. The molecule has 6 nitrogen and oxygen atoms in total. The first-order valence-corrected chi connectivity index (χ1v) is 5.22. The number of carbonyl (C=O) groups excluding carboxylic acids is 1. The number of urea groups is 1. The van der Waals surface area contributed by atoms with E-state index in [4.69, 9.17) is 9.84 Å². The average Bonchev–Trinajstić information content (AvgIpc) is 2.22. The predicted octanol–water partition coefficient (Wildman–Crippen LogP) is 0.431. The zero-order valence-electron chi connectivity index (χ0n) is 9.95. The molecule has 0 radical (unpaired) electrons. The van der Waals surface area contributed by atoms with E-state index in [-0.39, 0.29) is 24.5 Å². The van der Waals surface area contributed by atoms with E-state index in [2.05, 4.69) is 10.6 Å². The summed E-state index contributed by atoms with van der Waals surface area (Å²) in [6.07, 6.45) is 0.0107. The third kappa shape index (κ3) is 8.05. The van der Waals surface area contributed by atoms with Gasteiger partial charge in [0.1, 0.15) is 0 Å². The van der Waals surface area contributed by atoms with Gasteiger partial charge in [0.15, 0.2) is 0 Å². The van der Waals surface area contributed by atoms with Crippen LogP contribution in [0.1, 0.15) is 20.3 Å². The second-order valence-corrected chi connectivity index (χ2v) is 3.84. The minimum absolute atomic E-state index is 0.0396. The Hall–Kier alpha value is -1.30. The fourth-order valence-corrected chi connectivity index (χ4v) is 1.02. The molecule has 16 heavy (non-hydrogen) atoms. The maximum atomic E-state index is 11.2. The van der Waals surface area contributed by atoms with E-state index >= 15 is 0 Å². The van der Waals surface area contributed by atoms with Crippen LogP contribution < -0.4 is 10.6 Å². The van der Waals surface area contributed by atoms with Gasteiger partial charge >= 0.3 is 12.0 Å². The second-order valence-electron chi connectivity index (χ2n) is 3.84. The number of aliphatic carboxylic acids is 1. The SMILES string of the molecule is COC(C)CNC(=O)NCC(C)CC(=O)O. The largest absolute Gasteiger partial charge is 0.481 e. The van der Waals surface area contributed by atoms with Crippen molar-refractivity contribution in [1.82, 2.24) is 10.6 Å². The number of nitrogens with one attached hydrogen (secondary N) is 2. The first-order chi connectivity index (χ1) is 7.45. The van der Waals surface area contributed by atoms with Gasteiger partial charge in [-0.3, -0.25) is 4.79 Å². The quantitative estimate of drug-likeness (QED) is 0.594. The number of hydrogen-bond acceptors (Lipinski definition) is 3. The lowest BCUT2D eigenvalue weighted by Gasteiger charge is -2.13. The highest BCUT2D eigenvalue weighted by atomic mass is 16.5. The summed E-state index contributed by atoms with van der Waals surface area (Å²) in [5, 5.41) is 13.7. The first-order valence-electron chi connectivity index (χ1n) is 5.22. The van der Waals surface area contributed by atoms with Crippen molar-refractivity contribution in [3.05, 3.63) is 0 Å². The van der Waals surface area contributed by atoms with E-state index in [1.165, 1.54) is 0 Å². The van der Waals surface area contributed by atoms with Crippen LogP contribution in [-0.4, -0.2) is 43.4 Å². The standard InChI is InChI=1S/C10H20N2O4/c1-7(4-9(13)14)5-11-10(15)12-6-8(2)16-3/h7-8H,4-6H2,1-3H3,(H,13,14)(H2,11,12,15). The summed E-state index contributed by atoms with van der Waals surface area (Å²) < 4.78 is 4.96. The Labute approximate surface area is 95.4 Å². The van der Waals surface area contributed by atoms with Gasteiger partial charge in [0.25, 0.3) is 0 Å². The Morgan fingerprint density at radius 3 is 2.31 bits per heavy atom. The summed E-state index contributed by atoms with van der Waals surface area (Å²) in [5.74, 6) is -0.939. The molecule has 0 fully saturated rings. The first kappa shape index (κ1) is 14.7. The summed E-state index contributed by atoms with van der Waals surface area (Å²) in [6, 6.07) is -0.305. The molecule has 0 aliphatic heterocycles. The highest BCUT2D eigenvalue weighted by Crippen LogP contribution is 1.98. The highest BCUT2D eigenvalue weighted by molar-refractivity contribution is 5.74. The van der Waals surface area contributed by atoms with Crippen LogP contribution in [0.4, 0.5) is 4.79 Å². The van der Waals surface area contributed by atoms with Gasteiger partial charge < -0.3 is 20.5 Å². The molecule has 0 aromatic heterocycles. The Bertz CT molecular complexity index is 233. The van der Waals surface area contributed by atoms with Gasteiger partial charge in [0.2, 0.25) is 0 Å². The number of ether oxygens (including phenoxy) is 1. The van der Waals surface area contributed by atoms with Crippen molar-refractivity contribution >= 4 is 12.0 Å². The summed E-state index contributed by atoms with van der Waals surface area (Å²) in [6.45, 7) is 4.38. The molecule has 2 atom stereocenters. The third-order valence-electron chi connectivity index (χ3n) is 2.09. The van der Waals surface area contributed by atoms with Crippen LogP contribution in [0.3, 0.4) is 0 Å². The van der Waals surface area contributed by atoms with Crippen LogP contribution in [0.5, 0.6) is 0 Å². The molecule has 0 rings (SSSR count). The van der Waals surface area contributed by atoms with Crippen LogP contribution in [0.25, 0.3) is 0 Å². The molecule has 0 aliphatic carbocycles. The maximum Gasteiger partial charge on any atom is 0.314 e. The number of hydrogen-bond donors (Lipinski definition) is 3. The monoisotopic (exact) mass is 232 g/mol. The molecule has 0 saturated heterocycles. The topological polar surface area (TPSA) is 87.7 Å². The van der Waals surface area contributed by atoms with Crippen LogP contribution in [0, 0.1) is 5.92 Å². The molecule has 0 heterocycles. The number of methoxy groups -OCH3 is 1. The average molecular weight is 232 g/mol. The number of carboxylic acid groups (broad SMARTS) is 1. The zero-order valence-corrected chi connectivity index (χ0v) is 9.95. The Balaban J connectivity index is 3.61. The Morgan fingerprint density at radius 1 is 1.25 bits per heavy atom. The van der Waals surface area contributed by atoms with Gasteiger partial charge in [-0.25, -0.2) is 4.79 Å². The van der Waals surface area contributed by atoms with E-state index in [9.17, 15) is 9.59 Å². The molecule has 6 heteroatoms. The van der Waals surface area contributed by atoms with Crippen molar-refractivity contribution in [3.63, 3.8) is 0 Å². The summed E-state index contributed by atoms with van der Waals surface area (Å²) >= 11 is 0. The summed E-state index contributed by atoms with van der Waals surface area (Å²) in [7, 11) is 1.57. The number of carboxylic acids is 1. The zero-order chi connectivity index (χ0) is 12.6. The van der Waals surface area contributed by atoms with Gasteiger partial charge in [0, 0.05) is 26.6 Å². The smallest absolute Gasteiger partial charge is 0.314 e. The van der Waals surface area contributed by atoms with Crippen molar-refractivity contribution in [2.24, 2.45) is 5.92 Å². The van der Waals surface area contributed by atoms with E-state index in [0.29, 0.717) is 13.1 Å². The molecular weight excluding hydrogens is 212 g/mol. The Kier molecular flexibility index (Phi) is 7.28. The Morgan fingerprint density at radius 2 is 1.81 bits per heavy atom. The van der Waals surface area contributed by atoms with E-state index in [1.54, 1.807) is 14.0 Å². The van der Waals surface area contributed by atoms with Crippen molar-refractivity contribution in [2.75, 3.05) is 20.2 Å². The fourth-order valence-electron chi connectivity index (χ4n) is 1.02. The van der Waals surface area contributed by atoms with Crippen LogP contribution in [-0.2, 0) is 9.53 Å². The van der Waals surface area contributed by atoms with Gasteiger partial charge in [-0.15, -0.1) is 0 Å². The van der Waals surface area contributed by atoms with Crippen molar-refractivity contribution in [1.29, 1.82) is 0 Å². The van der Waals surface area contributed by atoms with E-state index in [1.807, 2.05) is 6.92 Å². The van der Waals surface area contributed by atoms with Crippen LogP contribution >= 0.6 is 0 Å². The van der Waals surface area contributed by atoms with E-state index in [0.717, 1.165) is 0 Å². The molecule has 94 valence electrons. The molecule has 0 spiro atoms. The molecule has 0 saturated carbocycles. The van der Waals surface area contributed by atoms with Gasteiger partial charge in [-0.05, 0) is 12.8 Å². The minimum atomic E-state index is -0.859. The van der Waals surface area contributed by atoms with Gasteiger partial charge in [-0.1, -0.05) is 6.92 Å². The van der Waals surface area contributed by atoms with Gasteiger partial charge in [-0.2, -0.15) is 0 Å². The van der Waals surface area contributed by atoms with E-state index < -0.39 is 5.97 Å². The fraction of sp³-hybridized carbons (Fsp3) is 0.800. The van der Waals surface area contributed by atoms with Crippen LogP contribution in [0.2, 0.25) is 0 Å². The molecule has 0 aliphatic rings. The summed E-state index contributed by atoms with van der Waals surface area (Å²) in [5.41, 5.74) is 0. The third-order valence-corrected chi connectivity index (χ3v) is 2.09. The van der Waals surface area contributed by atoms with Crippen molar-refractivity contribution in [2.45, 2.75) is 26.4 Å². The molecule has 2 unspecified atom stereocenters. The maximum absolute atomic E-state index is 11.2. The lowest BCUT2D eigenvalue weighted by atomic mass is 10.1. The minimum Gasteiger partial charge on any atom is -0.481 e. The number of amides is 2. The molecule has 0 aromatic rings. The van der Waals surface area contributed by atoms with Crippen LogP contribution in [0.15, 0.2) is 0 Å². The predicted molar refractivity (Wildman–Crippen MR) is 59.3 cm³/mol. The number of rotatable bonds is 7. The lowest BCUT2D eigenvalue weighted by molar-refractivity contribution is -0.137. The summed E-state index contributed by atoms with van der Waals surface area (Å²) in [4.78, 5) is 21.6. The molecule has 0 aromatic carbocycles. The molecule has 3 N–H and O–H groups in total. The highest BCUT2D eigenvalue weighted by Gasteiger charge is 2.09. The lowest BCUT2D eigenvalue weighted by Crippen LogP contribution is -2.41.